The number of hydrogen-bond acceptors (Lipinski definition) is 1. The molecule has 0 radical (unpaired) electrons. The number of hydrogen-bond donors (Lipinski definition) is 0. The standard InChI is InChI=1S/C26H29Cl2N.ClH/c27-24-18-20(19-25(28)26(24)23-11-5-2-6-12-23)8-7-15-29-16-13-22(14-17-29)21-9-3-1-4-10-21;/h1,3-4,9-10,18-19,22-23H,2,5-6,11-17H2;1H. The minimum Gasteiger partial charge on any atom is -0.292 e. The lowest BCUT2D eigenvalue weighted by molar-refractivity contribution is 0.236. The molecule has 4 heteroatoms. The topological polar surface area (TPSA) is 3.24 Å². The normalized spacial score (nSPS) is 18.3. The zero-order chi connectivity index (χ0) is 20.1. The maximum absolute atomic E-state index is 6.61. The van der Waals surface area contributed by atoms with Crippen LogP contribution in [0.5, 0.6) is 0 Å². The maximum Gasteiger partial charge on any atom is 0.0605 e. The summed E-state index contributed by atoms with van der Waals surface area (Å²) in [6, 6.07) is 14.9. The molecule has 160 valence electrons. The van der Waals surface area contributed by atoms with Crippen LogP contribution in [0.1, 0.15) is 73.5 Å². The van der Waals surface area contributed by atoms with Crippen LogP contribution in [-0.4, -0.2) is 24.5 Å². The van der Waals surface area contributed by atoms with E-state index in [9.17, 15) is 0 Å². The lowest BCUT2D eigenvalue weighted by Crippen LogP contribution is -2.33. The monoisotopic (exact) mass is 461 g/mol. The molecule has 0 bridgehead atoms. The van der Waals surface area contributed by atoms with Gasteiger partial charge < -0.3 is 0 Å². The summed E-state index contributed by atoms with van der Waals surface area (Å²) in [6.07, 6.45) is 8.70. The minimum absolute atomic E-state index is 0. The van der Waals surface area contributed by atoms with Crippen molar-refractivity contribution in [3.8, 4) is 11.8 Å². The zero-order valence-electron chi connectivity index (χ0n) is 17.4. The molecule has 2 fully saturated rings. The largest absolute Gasteiger partial charge is 0.292 e. The summed E-state index contributed by atoms with van der Waals surface area (Å²) in [5, 5.41) is 1.58. The van der Waals surface area contributed by atoms with Gasteiger partial charge in [-0.05, 0) is 73.9 Å². The SMILES string of the molecule is Cl.Clc1cc(C#CCN2CCC(c3ccccc3)CC2)cc(Cl)c1C1CCCCC1. The zero-order valence-corrected chi connectivity index (χ0v) is 19.7. The van der Waals surface area contributed by atoms with Crippen molar-refractivity contribution in [1.29, 1.82) is 0 Å². The van der Waals surface area contributed by atoms with Crippen molar-refractivity contribution >= 4 is 35.6 Å². The van der Waals surface area contributed by atoms with E-state index in [4.69, 9.17) is 23.2 Å². The molecule has 0 N–H and O–H groups in total. The van der Waals surface area contributed by atoms with Crippen LogP contribution in [0.25, 0.3) is 0 Å². The van der Waals surface area contributed by atoms with Crippen molar-refractivity contribution in [3.05, 3.63) is 69.2 Å². The van der Waals surface area contributed by atoms with Gasteiger partial charge in [-0.1, -0.05) is 84.6 Å². The average Bonchev–Trinajstić information content (AvgIpc) is 2.75. The number of nitrogens with zero attached hydrogens (tertiary/aromatic N) is 1. The van der Waals surface area contributed by atoms with Crippen LogP contribution in [0.15, 0.2) is 42.5 Å². The predicted octanol–water partition coefficient (Wildman–Crippen LogP) is 7.69. The highest BCUT2D eigenvalue weighted by Crippen LogP contribution is 2.40. The van der Waals surface area contributed by atoms with E-state index in [0.717, 1.165) is 40.8 Å². The fraction of sp³-hybridized carbons (Fsp3) is 0.462. The molecule has 1 saturated heterocycles. The van der Waals surface area contributed by atoms with Crippen molar-refractivity contribution in [1.82, 2.24) is 4.90 Å². The second-order valence-corrected chi connectivity index (χ2v) is 9.27. The second-order valence-electron chi connectivity index (χ2n) is 8.45. The fourth-order valence-electron chi connectivity index (χ4n) is 4.84. The molecule has 0 spiro atoms. The van der Waals surface area contributed by atoms with E-state index in [-0.39, 0.29) is 12.4 Å². The van der Waals surface area contributed by atoms with E-state index in [1.165, 1.54) is 50.5 Å². The maximum atomic E-state index is 6.61. The number of benzene rings is 2. The first-order valence-electron chi connectivity index (χ1n) is 11.0. The van der Waals surface area contributed by atoms with E-state index in [2.05, 4.69) is 47.1 Å². The van der Waals surface area contributed by atoms with E-state index in [0.29, 0.717) is 11.8 Å². The first-order chi connectivity index (χ1) is 14.2. The molecule has 1 aliphatic heterocycles. The molecule has 4 rings (SSSR count). The molecule has 0 amide bonds. The average molecular weight is 463 g/mol. The van der Waals surface area contributed by atoms with E-state index in [1.807, 2.05) is 12.1 Å². The van der Waals surface area contributed by atoms with Crippen LogP contribution < -0.4 is 0 Å². The van der Waals surface area contributed by atoms with Gasteiger partial charge in [0.2, 0.25) is 0 Å². The van der Waals surface area contributed by atoms with Gasteiger partial charge >= 0.3 is 0 Å². The first kappa shape index (κ1) is 23.5. The molecule has 30 heavy (non-hydrogen) atoms. The van der Waals surface area contributed by atoms with Gasteiger partial charge in [-0.2, -0.15) is 0 Å². The Hall–Kier alpha value is -1.17. The van der Waals surface area contributed by atoms with E-state index in [1.54, 1.807) is 0 Å². The van der Waals surface area contributed by atoms with Crippen LogP contribution in [-0.2, 0) is 0 Å². The Morgan fingerprint density at radius 1 is 0.833 bits per heavy atom. The summed E-state index contributed by atoms with van der Waals surface area (Å²) in [6.45, 7) is 3.02. The van der Waals surface area contributed by atoms with Crippen LogP contribution in [0.3, 0.4) is 0 Å². The Bertz CT molecular complexity index is 847. The van der Waals surface area contributed by atoms with Crippen LogP contribution >= 0.6 is 35.6 Å². The summed E-state index contributed by atoms with van der Waals surface area (Å²) in [5.74, 6) is 7.82. The Kier molecular flexibility index (Phi) is 8.97. The lowest BCUT2D eigenvalue weighted by Gasteiger charge is -2.30. The van der Waals surface area contributed by atoms with Crippen molar-refractivity contribution in [2.75, 3.05) is 19.6 Å². The number of halogens is 3. The highest BCUT2D eigenvalue weighted by Gasteiger charge is 2.21. The molecule has 2 aliphatic rings. The Morgan fingerprint density at radius 2 is 1.47 bits per heavy atom. The first-order valence-corrected chi connectivity index (χ1v) is 11.7. The molecule has 1 aliphatic carbocycles. The van der Waals surface area contributed by atoms with Gasteiger partial charge in [-0.3, -0.25) is 4.90 Å². The van der Waals surface area contributed by atoms with Crippen molar-refractivity contribution in [2.24, 2.45) is 0 Å². The molecular weight excluding hydrogens is 433 g/mol. The third-order valence-electron chi connectivity index (χ3n) is 6.49. The third kappa shape index (κ3) is 5.95. The summed E-state index contributed by atoms with van der Waals surface area (Å²) in [4.78, 5) is 2.45. The molecule has 0 atom stereocenters. The van der Waals surface area contributed by atoms with Crippen LogP contribution in [0, 0.1) is 11.8 Å². The summed E-state index contributed by atoms with van der Waals surface area (Å²) >= 11 is 13.2. The molecule has 0 aromatic heterocycles. The fourth-order valence-corrected chi connectivity index (χ4v) is 5.64. The lowest BCUT2D eigenvalue weighted by atomic mass is 9.84. The minimum atomic E-state index is 0. The van der Waals surface area contributed by atoms with Gasteiger partial charge in [-0.25, -0.2) is 0 Å². The van der Waals surface area contributed by atoms with Gasteiger partial charge in [0.05, 0.1) is 6.54 Å². The summed E-state index contributed by atoms with van der Waals surface area (Å²) in [5.41, 5.74) is 3.54. The number of rotatable bonds is 3. The second kappa shape index (κ2) is 11.4. The van der Waals surface area contributed by atoms with Crippen molar-refractivity contribution < 1.29 is 0 Å². The van der Waals surface area contributed by atoms with Gasteiger partial charge in [-0.15, -0.1) is 12.4 Å². The smallest absolute Gasteiger partial charge is 0.0605 e. The third-order valence-corrected chi connectivity index (χ3v) is 7.11. The van der Waals surface area contributed by atoms with E-state index < -0.39 is 0 Å². The molecule has 1 nitrogen and oxygen atoms in total. The molecule has 0 unspecified atom stereocenters. The van der Waals surface area contributed by atoms with Gasteiger partial charge in [0.1, 0.15) is 0 Å². The summed E-state index contributed by atoms with van der Waals surface area (Å²) < 4.78 is 0. The Morgan fingerprint density at radius 3 is 2.10 bits per heavy atom. The highest BCUT2D eigenvalue weighted by molar-refractivity contribution is 6.36. The van der Waals surface area contributed by atoms with Gasteiger partial charge in [0, 0.05) is 15.6 Å². The number of likely N-dealkylation sites (tertiary alicyclic amines) is 1. The molecule has 1 saturated carbocycles. The predicted molar refractivity (Wildman–Crippen MR) is 131 cm³/mol. The quantitative estimate of drug-likeness (QED) is 0.422. The Balaban J connectivity index is 0.00000256. The van der Waals surface area contributed by atoms with Crippen molar-refractivity contribution in [3.63, 3.8) is 0 Å². The molecular formula is C26H30Cl3N. The van der Waals surface area contributed by atoms with Crippen molar-refractivity contribution in [2.45, 2.75) is 56.8 Å². The molecule has 1 heterocycles. The summed E-state index contributed by atoms with van der Waals surface area (Å²) in [7, 11) is 0. The molecule has 2 aromatic carbocycles. The number of piperidine rings is 1. The van der Waals surface area contributed by atoms with E-state index >= 15 is 0 Å². The van der Waals surface area contributed by atoms with Crippen LogP contribution in [0.2, 0.25) is 10.0 Å². The Labute approximate surface area is 197 Å². The highest BCUT2D eigenvalue weighted by atomic mass is 35.5. The van der Waals surface area contributed by atoms with Gasteiger partial charge in [0.25, 0.3) is 0 Å². The van der Waals surface area contributed by atoms with Crippen LogP contribution in [0.4, 0.5) is 0 Å². The van der Waals surface area contributed by atoms with Gasteiger partial charge in [0.15, 0.2) is 0 Å². The molecule has 2 aromatic rings.